The van der Waals surface area contributed by atoms with Crippen molar-refractivity contribution >= 4 is 28.3 Å². The molecule has 6 heterocycles. The first-order valence-electron chi connectivity index (χ1n) is 18.0. The fourth-order valence-corrected chi connectivity index (χ4v) is 8.60. The number of hydrogen-bond donors (Lipinski definition) is 1. The van der Waals surface area contributed by atoms with Gasteiger partial charge in [0, 0.05) is 66.5 Å². The number of amides is 1. The van der Waals surface area contributed by atoms with Gasteiger partial charge in [0.15, 0.2) is 5.65 Å². The van der Waals surface area contributed by atoms with Gasteiger partial charge in [0.05, 0.1) is 31.1 Å². The van der Waals surface area contributed by atoms with E-state index in [0.717, 1.165) is 59.3 Å². The summed E-state index contributed by atoms with van der Waals surface area (Å²) in [5.41, 5.74) is 2.96. The van der Waals surface area contributed by atoms with Crippen molar-refractivity contribution in [3.63, 3.8) is 0 Å². The van der Waals surface area contributed by atoms with E-state index in [-0.39, 0.29) is 29.8 Å². The molecule has 1 N–H and O–H groups in total. The predicted octanol–water partition coefficient (Wildman–Crippen LogP) is 5.08. The first-order valence-corrected chi connectivity index (χ1v) is 18.8. The summed E-state index contributed by atoms with van der Waals surface area (Å²) in [6.45, 7) is 5.28. The van der Waals surface area contributed by atoms with E-state index in [1.54, 1.807) is 23.1 Å². The van der Waals surface area contributed by atoms with Gasteiger partial charge in [-0.25, -0.2) is 14.6 Å². The van der Waals surface area contributed by atoms with Crippen LogP contribution in [-0.4, -0.2) is 89.0 Å². The highest BCUT2D eigenvalue weighted by atomic mass is 32.1. The lowest BCUT2D eigenvalue weighted by Crippen LogP contribution is -2.53. The van der Waals surface area contributed by atoms with Crippen LogP contribution in [0.4, 0.5) is 0 Å². The standard InChI is InChI=1S/C40H42N8O4S/c1-27-8-9-29(20-41-27)37-42-21-32(53-37)23-45-17-14-33(35(24-45)28-6-4-3-5-7-28)38(49)46-18-15-40(51,16-19-46)25-47-26-43-36-34(39(47)50)22-44-48(36)30-10-12-31(52-2)13-11-30/h3-13,20-22,26,33,35,51H,14-19,23-25H2,1-2H3/t33-,35+/m1/s1. The minimum atomic E-state index is -1.15. The average molecular weight is 731 g/mol. The van der Waals surface area contributed by atoms with Crippen LogP contribution in [0.1, 0.15) is 41.3 Å². The van der Waals surface area contributed by atoms with Crippen molar-refractivity contribution in [3.8, 4) is 22.0 Å². The Bertz CT molecular complexity index is 2260. The Balaban J connectivity index is 0.923. The fourth-order valence-electron chi connectivity index (χ4n) is 7.65. The number of aromatic nitrogens is 6. The second-order valence-corrected chi connectivity index (χ2v) is 15.3. The number of thiazole rings is 1. The number of ether oxygens (including phenoxy) is 1. The van der Waals surface area contributed by atoms with E-state index in [1.807, 2.05) is 72.7 Å². The number of benzene rings is 2. The maximum Gasteiger partial charge on any atom is 0.264 e. The third-order valence-corrected chi connectivity index (χ3v) is 11.7. The van der Waals surface area contributed by atoms with Crippen molar-refractivity contribution in [2.75, 3.05) is 33.3 Å². The van der Waals surface area contributed by atoms with E-state index < -0.39 is 5.60 Å². The molecule has 0 aliphatic carbocycles. The molecule has 0 bridgehead atoms. The minimum Gasteiger partial charge on any atom is -0.497 e. The number of carbonyl (C=O) groups is 1. The van der Waals surface area contributed by atoms with Gasteiger partial charge in [-0.1, -0.05) is 30.3 Å². The second kappa shape index (κ2) is 14.6. The van der Waals surface area contributed by atoms with Crippen LogP contribution in [0.2, 0.25) is 0 Å². The normalized spacial score (nSPS) is 19.0. The summed E-state index contributed by atoms with van der Waals surface area (Å²) >= 11 is 1.69. The van der Waals surface area contributed by atoms with Crippen molar-refractivity contribution in [1.82, 2.24) is 39.1 Å². The van der Waals surface area contributed by atoms with Gasteiger partial charge in [-0.15, -0.1) is 11.3 Å². The van der Waals surface area contributed by atoms with E-state index in [2.05, 4.69) is 43.1 Å². The molecular weight excluding hydrogens is 689 g/mol. The SMILES string of the molecule is COc1ccc(-n2ncc3c(=O)n(CC4(O)CCN(C(=O)[C@@H]5CCN(Cc6cnc(-c7ccc(C)nc7)s6)C[C@H]5c5ccccc5)CC4)cnc32)cc1. The number of aliphatic hydroxyl groups is 1. The molecule has 8 rings (SSSR count). The Morgan fingerprint density at radius 3 is 2.49 bits per heavy atom. The Morgan fingerprint density at radius 2 is 1.75 bits per heavy atom. The highest BCUT2D eigenvalue weighted by Crippen LogP contribution is 2.37. The average Bonchev–Trinajstić information content (AvgIpc) is 3.85. The van der Waals surface area contributed by atoms with Gasteiger partial charge in [0.2, 0.25) is 5.91 Å². The van der Waals surface area contributed by atoms with E-state index in [4.69, 9.17) is 4.74 Å². The first kappa shape index (κ1) is 34.8. The van der Waals surface area contributed by atoms with Gasteiger partial charge < -0.3 is 14.7 Å². The molecule has 0 unspecified atom stereocenters. The summed E-state index contributed by atoms with van der Waals surface area (Å²) in [6.07, 6.45) is 8.31. The number of pyridine rings is 1. The van der Waals surface area contributed by atoms with Crippen molar-refractivity contribution in [2.24, 2.45) is 5.92 Å². The number of nitrogens with zero attached hydrogens (tertiary/aromatic N) is 8. The van der Waals surface area contributed by atoms with Crippen molar-refractivity contribution in [2.45, 2.75) is 50.8 Å². The van der Waals surface area contributed by atoms with Gasteiger partial charge in [0.1, 0.15) is 22.5 Å². The maximum atomic E-state index is 14.2. The molecule has 4 aromatic heterocycles. The first-order chi connectivity index (χ1) is 25.8. The number of fused-ring (bicyclic) bond motifs is 1. The molecule has 0 saturated carbocycles. The number of methoxy groups -OCH3 is 1. The molecule has 2 fully saturated rings. The highest BCUT2D eigenvalue weighted by molar-refractivity contribution is 7.15. The summed E-state index contributed by atoms with van der Waals surface area (Å²) in [6, 6.07) is 21.8. The lowest BCUT2D eigenvalue weighted by molar-refractivity contribution is -0.142. The van der Waals surface area contributed by atoms with E-state index in [0.29, 0.717) is 37.0 Å². The smallest absolute Gasteiger partial charge is 0.264 e. The number of aryl methyl sites for hydroxylation is 1. The zero-order chi connectivity index (χ0) is 36.5. The van der Waals surface area contributed by atoms with E-state index >= 15 is 0 Å². The molecule has 13 heteroatoms. The van der Waals surface area contributed by atoms with Crippen LogP contribution in [0.15, 0.2) is 96.4 Å². The molecule has 53 heavy (non-hydrogen) atoms. The molecule has 2 saturated heterocycles. The van der Waals surface area contributed by atoms with Crippen LogP contribution in [0.25, 0.3) is 27.3 Å². The molecule has 2 aliphatic heterocycles. The summed E-state index contributed by atoms with van der Waals surface area (Å²) in [4.78, 5) is 47.0. The number of piperidine rings is 2. The Kier molecular flexibility index (Phi) is 9.62. The summed E-state index contributed by atoms with van der Waals surface area (Å²) < 4.78 is 8.33. The molecule has 2 atom stereocenters. The number of likely N-dealkylation sites (tertiary alicyclic amines) is 2. The molecule has 12 nitrogen and oxygen atoms in total. The van der Waals surface area contributed by atoms with Crippen molar-refractivity contribution in [3.05, 3.63) is 118 Å². The number of rotatable bonds is 9. The zero-order valence-electron chi connectivity index (χ0n) is 29.8. The number of hydrogen-bond acceptors (Lipinski definition) is 10. The van der Waals surface area contributed by atoms with Gasteiger partial charge in [-0.05, 0) is 74.7 Å². The van der Waals surface area contributed by atoms with Crippen LogP contribution >= 0.6 is 11.3 Å². The van der Waals surface area contributed by atoms with Gasteiger partial charge in [0.25, 0.3) is 5.56 Å². The zero-order valence-corrected chi connectivity index (χ0v) is 30.7. The topological polar surface area (TPSA) is 132 Å². The van der Waals surface area contributed by atoms with E-state index in [9.17, 15) is 14.7 Å². The molecule has 0 spiro atoms. The maximum absolute atomic E-state index is 14.2. The molecule has 6 aromatic rings. The predicted molar refractivity (Wildman–Crippen MR) is 203 cm³/mol. The highest BCUT2D eigenvalue weighted by Gasteiger charge is 2.41. The van der Waals surface area contributed by atoms with E-state index in [1.165, 1.54) is 22.0 Å². The van der Waals surface area contributed by atoms with Crippen molar-refractivity contribution in [1.29, 1.82) is 0 Å². The van der Waals surface area contributed by atoms with Gasteiger partial charge in [-0.2, -0.15) is 5.10 Å². The van der Waals surface area contributed by atoms with Gasteiger partial charge in [-0.3, -0.25) is 24.0 Å². The van der Waals surface area contributed by atoms with Crippen LogP contribution in [0.5, 0.6) is 5.75 Å². The third-order valence-electron chi connectivity index (χ3n) is 10.7. The quantitative estimate of drug-likeness (QED) is 0.217. The van der Waals surface area contributed by atoms with Gasteiger partial charge >= 0.3 is 0 Å². The summed E-state index contributed by atoms with van der Waals surface area (Å²) in [5, 5.41) is 17.4. The molecule has 2 aliphatic rings. The molecule has 0 radical (unpaired) electrons. The second-order valence-electron chi connectivity index (χ2n) is 14.2. The molecule has 2 aromatic carbocycles. The molecule has 1 amide bonds. The Labute approximate surface area is 311 Å². The van der Waals surface area contributed by atoms with Crippen LogP contribution in [-0.2, 0) is 17.9 Å². The van der Waals surface area contributed by atoms with Crippen LogP contribution in [0, 0.1) is 12.8 Å². The summed E-state index contributed by atoms with van der Waals surface area (Å²) in [5.74, 6) is 0.741. The lowest BCUT2D eigenvalue weighted by atomic mass is 9.79. The van der Waals surface area contributed by atoms with Crippen LogP contribution < -0.4 is 10.3 Å². The Hall–Kier alpha value is -5.24. The fraction of sp³-hybridized carbons (Fsp3) is 0.350. The van der Waals surface area contributed by atoms with Crippen LogP contribution in [0.3, 0.4) is 0 Å². The lowest BCUT2D eigenvalue weighted by Gasteiger charge is -2.43. The summed E-state index contributed by atoms with van der Waals surface area (Å²) in [7, 11) is 1.61. The minimum absolute atomic E-state index is 0.0437. The monoisotopic (exact) mass is 730 g/mol. The molecule has 272 valence electrons. The van der Waals surface area contributed by atoms with Crippen molar-refractivity contribution < 1.29 is 14.6 Å². The largest absolute Gasteiger partial charge is 0.497 e. The third kappa shape index (κ3) is 7.24. The molecular formula is C40H42N8O4S. The number of carbonyl (C=O) groups excluding carboxylic acids is 1. The Morgan fingerprint density at radius 1 is 0.962 bits per heavy atom.